The smallest absolute Gasteiger partial charge is 0.321 e. The highest BCUT2D eigenvalue weighted by atomic mass is 35.5. The molecule has 0 aliphatic carbocycles. The van der Waals surface area contributed by atoms with Gasteiger partial charge in [-0.05, 0) is 56.0 Å². The van der Waals surface area contributed by atoms with Gasteiger partial charge in [-0.3, -0.25) is 4.79 Å². The van der Waals surface area contributed by atoms with E-state index >= 15 is 0 Å². The third-order valence-corrected chi connectivity index (χ3v) is 6.85. The molecule has 2 aromatic carbocycles. The SMILES string of the molecule is Cc1ccc(NC(=O)N2CCC[C@H](c3nnc(C(=O)Nc4ccccc4C)s3)C2)c(Cl)c1. The van der Waals surface area contributed by atoms with Crippen molar-refractivity contribution in [3.8, 4) is 0 Å². The van der Waals surface area contributed by atoms with Crippen LogP contribution < -0.4 is 10.6 Å². The molecule has 1 aromatic heterocycles. The number of hydrogen-bond acceptors (Lipinski definition) is 5. The molecule has 32 heavy (non-hydrogen) atoms. The van der Waals surface area contributed by atoms with Crippen LogP contribution in [0.1, 0.15) is 44.7 Å². The molecule has 3 aromatic rings. The van der Waals surface area contributed by atoms with Crippen molar-refractivity contribution < 1.29 is 9.59 Å². The topological polar surface area (TPSA) is 87.2 Å². The van der Waals surface area contributed by atoms with Crippen LogP contribution in [0.15, 0.2) is 42.5 Å². The molecule has 0 radical (unpaired) electrons. The van der Waals surface area contributed by atoms with Gasteiger partial charge >= 0.3 is 6.03 Å². The van der Waals surface area contributed by atoms with Crippen LogP contribution in [-0.4, -0.2) is 40.1 Å². The van der Waals surface area contributed by atoms with Crippen molar-refractivity contribution in [2.75, 3.05) is 23.7 Å². The summed E-state index contributed by atoms with van der Waals surface area (Å²) < 4.78 is 0. The molecule has 2 N–H and O–H groups in total. The zero-order valence-electron chi connectivity index (χ0n) is 17.9. The maximum Gasteiger partial charge on any atom is 0.321 e. The molecular weight excluding hydrogens is 446 g/mol. The molecule has 0 bridgehead atoms. The molecule has 7 nitrogen and oxygen atoms in total. The number of halogens is 1. The van der Waals surface area contributed by atoms with Gasteiger partial charge in [-0.2, -0.15) is 0 Å². The van der Waals surface area contributed by atoms with Gasteiger partial charge in [0.25, 0.3) is 5.91 Å². The summed E-state index contributed by atoms with van der Waals surface area (Å²) in [6.07, 6.45) is 1.74. The van der Waals surface area contributed by atoms with Gasteiger partial charge in [0, 0.05) is 24.7 Å². The second kappa shape index (κ2) is 9.67. The second-order valence-electron chi connectivity index (χ2n) is 7.91. The molecule has 1 saturated heterocycles. The van der Waals surface area contributed by atoms with Crippen molar-refractivity contribution in [2.45, 2.75) is 32.6 Å². The Morgan fingerprint density at radius 2 is 1.91 bits per heavy atom. The molecule has 1 fully saturated rings. The number of benzene rings is 2. The number of anilines is 2. The fraction of sp³-hybridized carbons (Fsp3) is 0.304. The molecular formula is C23H24ClN5O2S. The van der Waals surface area contributed by atoms with E-state index in [0.717, 1.165) is 34.7 Å². The van der Waals surface area contributed by atoms with Crippen LogP contribution in [-0.2, 0) is 0 Å². The minimum Gasteiger partial charge on any atom is -0.324 e. The Kier molecular flexibility index (Phi) is 6.72. The van der Waals surface area contributed by atoms with E-state index in [1.165, 1.54) is 11.3 Å². The van der Waals surface area contributed by atoms with E-state index in [9.17, 15) is 9.59 Å². The van der Waals surface area contributed by atoms with Crippen molar-refractivity contribution in [3.63, 3.8) is 0 Å². The van der Waals surface area contributed by atoms with E-state index < -0.39 is 0 Å². The predicted molar refractivity (Wildman–Crippen MR) is 128 cm³/mol. The number of amides is 3. The number of nitrogens with zero attached hydrogens (tertiary/aromatic N) is 3. The first-order valence-corrected chi connectivity index (χ1v) is 11.6. The zero-order chi connectivity index (χ0) is 22.7. The molecule has 4 rings (SSSR count). The summed E-state index contributed by atoms with van der Waals surface area (Å²) in [5.41, 5.74) is 3.36. The van der Waals surface area contributed by atoms with Crippen LogP contribution >= 0.6 is 22.9 Å². The van der Waals surface area contributed by atoms with Crippen molar-refractivity contribution in [1.29, 1.82) is 0 Å². The quantitative estimate of drug-likeness (QED) is 0.530. The lowest BCUT2D eigenvalue weighted by atomic mass is 9.99. The summed E-state index contributed by atoms with van der Waals surface area (Å²) in [4.78, 5) is 27.2. The number of aryl methyl sites for hydroxylation is 2. The lowest BCUT2D eigenvalue weighted by molar-refractivity contribution is 0.102. The Labute approximate surface area is 195 Å². The van der Waals surface area contributed by atoms with E-state index in [0.29, 0.717) is 28.8 Å². The largest absolute Gasteiger partial charge is 0.324 e. The molecule has 1 aliphatic rings. The van der Waals surface area contributed by atoms with Crippen LogP contribution in [0.5, 0.6) is 0 Å². The van der Waals surface area contributed by atoms with E-state index in [2.05, 4.69) is 20.8 Å². The maximum atomic E-state index is 12.8. The molecule has 3 amide bonds. The Morgan fingerprint density at radius 1 is 1.09 bits per heavy atom. The molecule has 9 heteroatoms. The molecule has 0 spiro atoms. The van der Waals surface area contributed by atoms with Crippen LogP contribution in [0.25, 0.3) is 0 Å². The van der Waals surface area contributed by atoms with Crippen molar-refractivity contribution in [1.82, 2.24) is 15.1 Å². The molecule has 0 saturated carbocycles. The predicted octanol–water partition coefficient (Wildman–Crippen LogP) is 5.47. The number of nitrogens with one attached hydrogen (secondary N) is 2. The Morgan fingerprint density at radius 3 is 2.69 bits per heavy atom. The third kappa shape index (κ3) is 5.08. The fourth-order valence-electron chi connectivity index (χ4n) is 3.66. The summed E-state index contributed by atoms with van der Waals surface area (Å²) in [5.74, 6) is -0.233. The number of para-hydroxylation sites is 1. The first kappa shape index (κ1) is 22.2. The number of carbonyl (C=O) groups excluding carboxylic acids is 2. The first-order chi connectivity index (χ1) is 15.4. The van der Waals surface area contributed by atoms with Crippen molar-refractivity contribution >= 4 is 46.3 Å². The highest BCUT2D eigenvalue weighted by Gasteiger charge is 2.28. The van der Waals surface area contributed by atoms with Crippen LogP contribution in [0.4, 0.5) is 16.2 Å². The number of urea groups is 1. The Balaban J connectivity index is 1.40. The minimum atomic E-state index is -0.275. The fourth-order valence-corrected chi connectivity index (χ4v) is 4.81. The number of rotatable bonds is 4. The van der Waals surface area contributed by atoms with Gasteiger partial charge in [0.05, 0.1) is 10.7 Å². The van der Waals surface area contributed by atoms with Gasteiger partial charge in [-0.25, -0.2) is 4.79 Å². The maximum absolute atomic E-state index is 12.8. The van der Waals surface area contributed by atoms with Gasteiger partial charge in [-0.1, -0.05) is 47.2 Å². The molecule has 0 unspecified atom stereocenters. The monoisotopic (exact) mass is 469 g/mol. The summed E-state index contributed by atoms with van der Waals surface area (Å²) in [7, 11) is 0. The summed E-state index contributed by atoms with van der Waals surface area (Å²) in [5, 5.41) is 15.7. The molecule has 166 valence electrons. The normalized spacial score (nSPS) is 16.0. The van der Waals surface area contributed by atoms with E-state index in [1.807, 2.05) is 50.2 Å². The molecule has 1 aliphatic heterocycles. The van der Waals surface area contributed by atoms with Gasteiger partial charge in [0.1, 0.15) is 5.01 Å². The second-order valence-corrected chi connectivity index (χ2v) is 9.33. The Bertz CT molecular complexity index is 1150. The summed E-state index contributed by atoms with van der Waals surface area (Å²) >= 11 is 7.53. The van der Waals surface area contributed by atoms with Gasteiger partial charge < -0.3 is 15.5 Å². The van der Waals surface area contributed by atoms with Crippen molar-refractivity contribution in [3.05, 3.63) is 68.6 Å². The first-order valence-electron chi connectivity index (χ1n) is 10.4. The van der Waals surface area contributed by atoms with Gasteiger partial charge in [0.2, 0.25) is 5.01 Å². The summed E-state index contributed by atoms with van der Waals surface area (Å²) in [6.45, 7) is 5.06. The third-order valence-electron chi connectivity index (χ3n) is 5.45. The van der Waals surface area contributed by atoms with Gasteiger partial charge in [-0.15, -0.1) is 10.2 Å². The lowest BCUT2D eigenvalue weighted by Gasteiger charge is -2.31. The van der Waals surface area contributed by atoms with Crippen LogP contribution in [0, 0.1) is 13.8 Å². The number of piperidine rings is 1. The average molecular weight is 470 g/mol. The number of hydrogen-bond donors (Lipinski definition) is 2. The van der Waals surface area contributed by atoms with Crippen LogP contribution in [0.2, 0.25) is 5.02 Å². The van der Waals surface area contributed by atoms with E-state index in [4.69, 9.17) is 11.6 Å². The van der Waals surface area contributed by atoms with Gasteiger partial charge in [0.15, 0.2) is 0 Å². The van der Waals surface area contributed by atoms with E-state index in [-0.39, 0.29) is 17.9 Å². The average Bonchev–Trinajstić information content (AvgIpc) is 3.28. The van der Waals surface area contributed by atoms with Crippen LogP contribution in [0.3, 0.4) is 0 Å². The number of aromatic nitrogens is 2. The molecule has 2 heterocycles. The lowest BCUT2D eigenvalue weighted by Crippen LogP contribution is -2.41. The molecule has 1 atom stereocenters. The zero-order valence-corrected chi connectivity index (χ0v) is 19.5. The number of carbonyl (C=O) groups is 2. The standard InChI is InChI=1S/C23H24ClN5O2S/c1-14-9-10-19(17(24)12-14)26-23(31)29-11-5-7-16(13-29)21-27-28-22(32-21)20(30)25-18-8-4-3-6-15(18)2/h3-4,6,8-10,12,16H,5,7,11,13H2,1-2H3,(H,25,30)(H,26,31)/t16-/m0/s1. The number of likely N-dealkylation sites (tertiary alicyclic amines) is 1. The summed E-state index contributed by atoms with van der Waals surface area (Å²) in [6, 6.07) is 12.9. The minimum absolute atomic E-state index is 0.0421. The Hall–Kier alpha value is -2.97. The van der Waals surface area contributed by atoms with Crippen molar-refractivity contribution in [2.24, 2.45) is 0 Å². The van der Waals surface area contributed by atoms with E-state index in [1.54, 1.807) is 11.0 Å². The highest BCUT2D eigenvalue weighted by Crippen LogP contribution is 2.30. The highest BCUT2D eigenvalue weighted by molar-refractivity contribution is 7.13.